The van der Waals surface area contributed by atoms with E-state index in [4.69, 9.17) is 4.74 Å². The van der Waals surface area contributed by atoms with Crippen molar-refractivity contribution in [1.29, 1.82) is 0 Å². The minimum Gasteiger partial charge on any atom is -0.457 e. The molecule has 5 heteroatoms. The first-order valence-electron chi connectivity index (χ1n) is 5.77. The zero-order valence-electron chi connectivity index (χ0n) is 10.9. The van der Waals surface area contributed by atoms with Gasteiger partial charge in [-0.2, -0.15) is 0 Å². The van der Waals surface area contributed by atoms with Crippen LogP contribution >= 0.6 is 0 Å². The van der Waals surface area contributed by atoms with Gasteiger partial charge in [-0.15, -0.1) is 0 Å². The summed E-state index contributed by atoms with van der Waals surface area (Å²) in [5.41, 5.74) is -0.537. The third-order valence-electron chi connectivity index (χ3n) is 1.95. The molecular formula is C12H21NO4. The molecule has 0 saturated carbocycles. The molecule has 0 aromatic heterocycles. The van der Waals surface area contributed by atoms with E-state index >= 15 is 0 Å². The molecule has 0 aromatic rings. The second-order valence-corrected chi connectivity index (χ2v) is 4.96. The molecule has 0 aliphatic rings. The van der Waals surface area contributed by atoms with E-state index in [2.05, 4.69) is 0 Å². The van der Waals surface area contributed by atoms with Crippen molar-refractivity contribution in [3.05, 3.63) is 22.3 Å². The Labute approximate surface area is 102 Å². The molecular weight excluding hydrogens is 222 g/mol. The summed E-state index contributed by atoms with van der Waals surface area (Å²) in [5, 5.41) is 10.4. The van der Waals surface area contributed by atoms with Gasteiger partial charge in [0.1, 0.15) is 5.60 Å². The summed E-state index contributed by atoms with van der Waals surface area (Å²) in [6.45, 7) is 7.14. The molecule has 0 bridgehead atoms. The van der Waals surface area contributed by atoms with Gasteiger partial charge < -0.3 is 4.74 Å². The average Bonchev–Trinajstić information content (AvgIpc) is 2.11. The molecule has 0 radical (unpaired) electrons. The summed E-state index contributed by atoms with van der Waals surface area (Å²) in [7, 11) is 0. The second-order valence-electron chi connectivity index (χ2n) is 4.96. The van der Waals surface area contributed by atoms with Gasteiger partial charge in [0.2, 0.25) is 6.54 Å². The van der Waals surface area contributed by atoms with E-state index in [1.54, 1.807) is 26.8 Å². The third-order valence-corrected chi connectivity index (χ3v) is 1.95. The van der Waals surface area contributed by atoms with Crippen molar-refractivity contribution in [3.63, 3.8) is 0 Å². The van der Waals surface area contributed by atoms with Gasteiger partial charge >= 0.3 is 5.97 Å². The number of hydrogen-bond acceptors (Lipinski definition) is 4. The zero-order chi connectivity index (χ0) is 13.5. The van der Waals surface area contributed by atoms with E-state index < -0.39 is 11.6 Å². The van der Waals surface area contributed by atoms with Gasteiger partial charge in [0, 0.05) is 16.9 Å². The fraction of sp³-hybridized carbons (Fsp3) is 0.750. The molecule has 0 unspecified atom stereocenters. The zero-order valence-corrected chi connectivity index (χ0v) is 10.9. The Bertz CT molecular complexity index is 291. The van der Waals surface area contributed by atoms with Crippen LogP contribution in [0.1, 0.15) is 40.5 Å². The summed E-state index contributed by atoms with van der Waals surface area (Å²) in [6.07, 6.45) is 4.40. The van der Waals surface area contributed by atoms with Gasteiger partial charge in [-0.25, -0.2) is 4.79 Å². The molecule has 0 rings (SSSR count). The molecule has 0 aromatic carbocycles. The van der Waals surface area contributed by atoms with Crippen LogP contribution < -0.4 is 0 Å². The van der Waals surface area contributed by atoms with Crippen LogP contribution in [0.15, 0.2) is 12.2 Å². The maximum absolute atomic E-state index is 11.4. The lowest BCUT2D eigenvalue weighted by Crippen LogP contribution is -2.22. The largest absolute Gasteiger partial charge is 0.457 e. The lowest BCUT2D eigenvalue weighted by molar-refractivity contribution is -0.486. The van der Waals surface area contributed by atoms with Crippen molar-refractivity contribution in [2.75, 3.05) is 6.54 Å². The van der Waals surface area contributed by atoms with E-state index in [1.807, 2.05) is 6.92 Å². The highest BCUT2D eigenvalue weighted by Crippen LogP contribution is 2.11. The first-order chi connectivity index (χ1) is 7.74. The van der Waals surface area contributed by atoms with Crippen LogP contribution in [0.3, 0.4) is 0 Å². The molecule has 0 aliphatic carbocycles. The number of rotatable bonds is 6. The van der Waals surface area contributed by atoms with Crippen molar-refractivity contribution in [1.82, 2.24) is 0 Å². The van der Waals surface area contributed by atoms with Gasteiger partial charge in [-0.3, -0.25) is 10.1 Å². The first kappa shape index (κ1) is 15.6. The predicted molar refractivity (Wildman–Crippen MR) is 65.2 cm³/mol. The SMILES string of the molecule is CCC[C@@H](/C=C/C(=O)OC(C)(C)C)C[N+](=O)[O-]. The van der Waals surface area contributed by atoms with Crippen LogP contribution in [-0.4, -0.2) is 23.0 Å². The van der Waals surface area contributed by atoms with Crippen LogP contribution in [0.2, 0.25) is 0 Å². The van der Waals surface area contributed by atoms with Crippen LogP contribution in [0.4, 0.5) is 0 Å². The van der Waals surface area contributed by atoms with E-state index in [0.717, 1.165) is 6.42 Å². The molecule has 5 nitrogen and oxygen atoms in total. The number of ether oxygens (including phenoxy) is 1. The van der Waals surface area contributed by atoms with Crippen LogP contribution in [0.25, 0.3) is 0 Å². The molecule has 17 heavy (non-hydrogen) atoms. The van der Waals surface area contributed by atoms with E-state index in [0.29, 0.717) is 6.42 Å². The van der Waals surface area contributed by atoms with Gasteiger partial charge in [0.15, 0.2) is 0 Å². The summed E-state index contributed by atoms with van der Waals surface area (Å²) < 4.78 is 5.08. The van der Waals surface area contributed by atoms with Gasteiger partial charge in [0.25, 0.3) is 0 Å². The van der Waals surface area contributed by atoms with E-state index in [1.165, 1.54) is 6.08 Å². The van der Waals surface area contributed by atoms with Gasteiger partial charge in [0.05, 0.1) is 0 Å². The summed E-state index contributed by atoms with van der Waals surface area (Å²) in [5.74, 6) is -0.663. The Kier molecular flexibility index (Phi) is 6.46. The number of esters is 1. The maximum atomic E-state index is 11.4. The summed E-state index contributed by atoms with van der Waals surface area (Å²) in [6, 6.07) is 0. The Morgan fingerprint density at radius 2 is 2.06 bits per heavy atom. The molecule has 0 amide bonds. The van der Waals surface area contributed by atoms with E-state index in [9.17, 15) is 14.9 Å². The standard InChI is InChI=1S/C12H21NO4/c1-5-6-10(9-13(15)16)7-8-11(14)17-12(2,3)4/h7-8,10H,5-6,9H2,1-4H3/b8-7+/t10-/m0/s1. The normalized spacial score (nSPS) is 13.6. The Balaban J connectivity index is 4.33. The predicted octanol–water partition coefficient (Wildman–Crippen LogP) is 2.58. The van der Waals surface area contributed by atoms with Crippen molar-refractivity contribution in [2.45, 2.75) is 46.1 Å². The Morgan fingerprint density at radius 1 is 1.47 bits per heavy atom. The first-order valence-corrected chi connectivity index (χ1v) is 5.77. The van der Waals surface area contributed by atoms with Crippen molar-refractivity contribution >= 4 is 5.97 Å². The lowest BCUT2D eigenvalue weighted by atomic mass is 10.0. The third kappa shape index (κ3) is 9.53. The van der Waals surface area contributed by atoms with Crippen LogP contribution in [0, 0.1) is 16.0 Å². The number of nitro groups is 1. The maximum Gasteiger partial charge on any atom is 0.330 e. The molecule has 0 spiro atoms. The smallest absolute Gasteiger partial charge is 0.330 e. The number of carbonyl (C=O) groups excluding carboxylic acids is 1. The number of nitrogens with zero attached hydrogens (tertiary/aromatic N) is 1. The highest BCUT2D eigenvalue weighted by atomic mass is 16.6. The molecule has 0 N–H and O–H groups in total. The van der Waals surface area contributed by atoms with Gasteiger partial charge in [-0.1, -0.05) is 19.4 Å². The molecule has 0 heterocycles. The number of hydrogen-bond donors (Lipinski definition) is 0. The van der Waals surface area contributed by atoms with E-state index in [-0.39, 0.29) is 17.4 Å². The average molecular weight is 243 g/mol. The highest BCUT2D eigenvalue weighted by molar-refractivity contribution is 5.82. The second kappa shape index (κ2) is 7.04. The minimum absolute atomic E-state index is 0.146. The monoisotopic (exact) mass is 243 g/mol. The topological polar surface area (TPSA) is 69.4 Å². The Hall–Kier alpha value is -1.39. The lowest BCUT2D eigenvalue weighted by Gasteiger charge is -2.18. The molecule has 98 valence electrons. The van der Waals surface area contributed by atoms with Crippen molar-refractivity contribution < 1.29 is 14.5 Å². The number of carbonyl (C=O) groups is 1. The van der Waals surface area contributed by atoms with Crippen molar-refractivity contribution in [2.24, 2.45) is 5.92 Å². The van der Waals surface area contributed by atoms with Crippen LogP contribution in [-0.2, 0) is 9.53 Å². The summed E-state index contributed by atoms with van der Waals surface area (Å²) >= 11 is 0. The minimum atomic E-state index is -0.537. The quantitative estimate of drug-likeness (QED) is 0.311. The van der Waals surface area contributed by atoms with Crippen LogP contribution in [0.5, 0.6) is 0 Å². The van der Waals surface area contributed by atoms with Crippen molar-refractivity contribution in [3.8, 4) is 0 Å². The molecule has 0 saturated heterocycles. The fourth-order valence-corrected chi connectivity index (χ4v) is 1.36. The van der Waals surface area contributed by atoms with Gasteiger partial charge in [-0.05, 0) is 27.2 Å². The molecule has 1 atom stereocenters. The Morgan fingerprint density at radius 3 is 2.47 bits per heavy atom. The molecule has 0 aliphatic heterocycles. The summed E-state index contributed by atoms with van der Waals surface area (Å²) in [4.78, 5) is 21.4. The molecule has 0 fully saturated rings. The highest BCUT2D eigenvalue weighted by Gasteiger charge is 2.15. The fourth-order valence-electron chi connectivity index (χ4n) is 1.36.